The second kappa shape index (κ2) is 6.97. The largest absolute Gasteiger partial charge is 0.294 e. The predicted octanol–water partition coefficient (Wildman–Crippen LogP) is 4.96. The van der Waals surface area contributed by atoms with Crippen molar-refractivity contribution in [1.29, 1.82) is 0 Å². The van der Waals surface area contributed by atoms with E-state index in [1.54, 1.807) is 6.08 Å². The summed E-state index contributed by atoms with van der Waals surface area (Å²) in [5.41, 5.74) is 3.19. The molecule has 2 heteroatoms. The van der Waals surface area contributed by atoms with E-state index in [4.69, 9.17) is 0 Å². The molecule has 0 aliphatic carbocycles. The van der Waals surface area contributed by atoms with Crippen molar-refractivity contribution in [1.82, 2.24) is 4.90 Å². The van der Waals surface area contributed by atoms with Crippen LogP contribution in [0.25, 0.3) is 6.08 Å². The van der Waals surface area contributed by atoms with Crippen LogP contribution >= 0.6 is 0 Å². The van der Waals surface area contributed by atoms with Crippen LogP contribution < -0.4 is 0 Å². The molecule has 128 valence electrons. The summed E-state index contributed by atoms with van der Waals surface area (Å²) < 4.78 is 0. The quantitative estimate of drug-likeness (QED) is 0.722. The highest BCUT2D eigenvalue weighted by Crippen LogP contribution is 2.41. The highest BCUT2D eigenvalue weighted by Gasteiger charge is 2.42. The van der Waals surface area contributed by atoms with Crippen molar-refractivity contribution in [2.24, 2.45) is 5.92 Å². The maximum atomic E-state index is 13.1. The van der Waals surface area contributed by atoms with Gasteiger partial charge < -0.3 is 0 Å². The van der Waals surface area contributed by atoms with Crippen molar-refractivity contribution in [2.45, 2.75) is 44.3 Å². The average molecular weight is 331 g/mol. The Balaban J connectivity index is 1.49. The fraction of sp³-hybridized carbons (Fsp3) is 0.348. The molecule has 2 heterocycles. The predicted molar refractivity (Wildman–Crippen MR) is 102 cm³/mol. The van der Waals surface area contributed by atoms with Crippen LogP contribution in [0.4, 0.5) is 0 Å². The lowest BCUT2D eigenvalue weighted by Crippen LogP contribution is -2.44. The minimum absolute atomic E-state index is 0.158. The van der Waals surface area contributed by atoms with Gasteiger partial charge in [0.05, 0.1) is 0 Å². The summed E-state index contributed by atoms with van der Waals surface area (Å²) in [7, 11) is 0. The second-order valence-corrected chi connectivity index (χ2v) is 7.37. The summed E-state index contributed by atoms with van der Waals surface area (Å²) in [6.45, 7) is 4.87. The molecule has 2 unspecified atom stereocenters. The summed E-state index contributed by atoms with van der Waals surface area (Å²) in [6.07, 6.45) is 6.24. The minimum Gasteiger partial charge on any atom is -0.294 e. The first kappa shape index (κ1) is 16.3. The molecule has 0 amide bonds. The Kier molecular flexibility index (Phi) is 4.54. The van der Waals surface area contributed by atoms with Crippen LogP contribution in [0.1, 0.15) is 47.2 Å². The van der Waals surface area contributed by atoms with Crippen molar-refractivity contribution >= 4 is 11.9 Å². The van der Waals surface area contributed by atoms with E-state index in [-0.39, 0.29) is 5.92 Å². The van der Waals surface area contributed by atoms with Crippen LogP contribution in [-0.2, 0) is 6.54 Å². The molecular weight excluding hydrogens is 306 g/mol. The van der Waals surface area contributed by atoms with Gasteiger partial charge in [-0.25, -0.2) is 0 Å². The summed E-state index contributed by atoms with van der Waals surface area (Å²) >= 11 is 0. The normalized spacial score (nSPS) is 25.7. The van der Waals surface area contributed by atoms with Gasteiger partial charge in [-0.1, -0.05) is 67.3 Å². The van der Waals surface area contributed by atoms with E-state index in [2.05, 4.69) is 41.8 Å². The van der Waals surface area contributed by atoms with Gasteiger partial charge in [-0.15, -0.1) is 0 Å². The molecule has 2 aliphatic rings. The highest BCUT2D eigenvalue weighted by molar-refractivity contribution is 6.01. The van der Waals surface area contributed by atoms with Crippen LogP contribution in [0.15, 0.2) is 61.2 Å². The first-order valence-electron chi connectivity index (χ1n) is 9.31. The number of carbonyl (C=O) groups is 1. The molecule has 2 nitrogen and oxygen atoms in total. The molecule has 0 radical (unpaired) electrons. The summed E-state index contributed by atoms with van der Waals surface area (Å²) in [6, 6.07) is 19.7. The molecule has 2 aromatic rings. The number of piperidine rings is 1. The number of carbonyl (C=O) groups excluding carboxylic acids is 1. The average Bonchev–Trinajstić information content (AvgIpc) is 2.89. The summed E-state index contributed by atoms with van der Waals surface area (Å²) in [4.78, 5) is 15.7. The lowest BCUT2D eigenvalue weighted by molar-refractivity contribution is 0.0678. The molecule has 25 heavy (non-hydrogen) atoms. The number of benzene rings is 2. The molecule has 2 saturated heterocycles. The molecule has 2 aromatic carbocycles. The molecule has 0 N–H and O–H groups in total. The number of hydrogen-bond acceptors (Lipinski definition) is 2. The maximum absolute atomic E-state index is 13.1. The SMILES string of the molecule is C=Cc1ccccc1C(=O)C1CC2CCC(C1)N2Cc1ccccc1. The Hall–Kier alpha value is -2.19. The van der Waals surface area contributed by atoms with Crippen molar-refractivity contribution in [3.8, 4) is 0 Å². The van der Waals surface area contributed by atoms with Crippen molar-refractivity contribution in [3.05, 3.63) is 77.9 Å². The van der Waals surface area contributed by atoms with Crippen LogP contribution in [0, 0.1) is 5.92 Å². The van der Waals surface area contributed by atoms with Crippen LogP contribution in [0.5, 0.6) is 0 Å². The Bertz CT molecular complexity index is 753. The first-order chi connectivity index (χ1) is 12.3. The number of fused-ring (bicyclic) bond motifs is 2. The molecule has 0 aromatic heterocycles. The van der Waals surface area contributed by atoms with Crippen molar-refractivity contribution in [3.63, 3.8) is 0 Å². The standard InChI is InChI=1S/C23H25NO/c1-2-18-10-6-7-11-22(18)23(25)19-14-20-12-13-21(15-19)24(20)16-17-8-4-3-5-9-17/h2-11,19-21H,1,12-16H2. The van der Waals surface area contributed by atoms with E-state index in [0.29, 0.717) is 17.9 Å². The van der Waals surface area contributed by atoms with Crippen LogP contribution in [-0.4, -0.2) is 22.8 Å². The molecular formula is C23H25NO. The van der Waals surface area contributed by atoms with Crippen molar-refractivity contribution in [2.75, 3.05) is 0 Å². The van der Waals surface area contributed by atoms with Gasteiger partial charge in [0.2, 0.25) is 0 Å². The topological polar surface area (TPSA) is 20.3 Å². The fourth-order valence-corrected chi connectivity index (χ4v) is 4.66. The van der Waals surface area contributed by atoms with E-state index >= 15 is 0 Å². The Morgan fingerprint density at radius 2 is 1.64 bits per heavy atom. The van der Waals surface area contributed by atoms with E-state index in [1.807, 2.05) is 24.3 Å². The molecule has 0 spiro atoms. The third-order valence-electron chi connectivity index (χ3n) is 5.91. The Morgan fingerprint density at radius 3 is 2.32 bits per heavy atom. The van der Waals surface area contributed by atoms with E-state index < -0.39 is 0 Å². The van der Waals surface area contributed by atoms with Gasteiger partial charge in [-0.2, -0.15) is 0 Å². The number of hydrogen-bond donors (Lipinski definition) is 0. The fourth-order valence-electron chi connectivity index (χ4n) is 4.66. The van der Waals surface area contributed by atoms with Gasteiger partial charge in [0, 0.05) is 30.1 Å². The maximum Gasteiger partial charge on any atom is 0.166 e. The molecule has 0 saturated carbocycles. The third kappa shape index (κ3) is 3.19. The van der Waals surface area contributed by atoms with Crippen LogP contribution in [0.3, 0.4) is 0 Å². The zero-order chi connectivity index (χ0) is 17.2. The number of ketones is 1. The minimum atomic E-state index is 0.158. The van der Waals surface area contributed by atoms with Crippen LogP contribution in [0.2, 0.25) is 0 Å². The number of Topliss-reactive ketones (excluding diaryl/α,β-unsaturated/α-hetero) is 1. The zero-order valence-electron chi connectivity index (χ0n) is 14.6. The lowest BCUT2D eigenvalue weighted by Gasteiger charge is -2.38. The molecule has 2 atom stereocenters. The zero-order valence-corrected chi connectivity index (χ0v) is 14.6. The molecule has 4 rings (SSSR count). The van der Waals surface area contributed by atoms with E-state index in [0.717, 1.165) is 30.5 Å². The lowest BCUT2D eigenvalue weighted by atomic mass is 9.83. The van der Waals surface area contributed by atoms with Gasteiger partial charge >= 0.3 is 0 Å². The van der Waals surface area contributed by atoms with E-state index in [1.165, 1.54) is 18.4 Å². The van der Waals surface area contributed by atoms with Crippen molar-refractivity contribution < 1.29 is 4.79 Å². The second-order valence-electron chi connectivity index (χ2n) is 7.37. The highest BCUT2D eigenvalue weighted by atomic mass is 16.1. The number of rotatable bonds is 5. The Morgan fingerprint density at radius 1 is 1.00 bits per heavy atom. The van der Waals surface area contributed by atoms with Gasteiger partial charge in [0.25, 0.3) is 0 Å². The van der Waals surface area contributed by atoms with E-state index in [9.17, 15) is 4.79 Å². The summed E-state index contributed by atoms with van der Waals surface area (Å²) in [5.74, 6) is 0.470. The third-order valence-corrected chi connectivity index (χ3v) is 5.91. The number of nitrogens with zero attached hydrogens (tertiary/aromatic N) is 1. The molecule has 2 aliphatic heterocycles. The molecule has 2 fully saturated rings. The van der Waals surface area contributed by atoms with Gasteiger partial charge in [-0.3, -0.25) is 9.69 Å². The molecule has 2 bridgehead atoms. The Labute approximate surface area is 150 Å². The first-order valence-corrected chi connectivity index (χ1v) is 9.31. The summed E-state index contributed by atoms with van der Waals surface area (Å²) in [5, 5.41) is 0. The van der Waals surface area contributed by atoms with Gasteiger partial charge in [0.15, 0.2) is 5.78 Å². The smallest absolute Gasteiger partial charge is 0.166 e. The monoisotopic (exact) mass is 331 g/mol. The van der Waals surface area contributed by atoms with Gasteiger partial charge in [-0.05, 0) is 36.8 Å². The van der Waals surface area contributed by atoms with Gasteiger partial charge in [0.1, 0.15) is 0 Å².